The van der Waals surface area contributed by atoms with Crippen LogP contribution in [-0.4, -0.2) is 26.9 Å². The molecule has 2 aromatic rings. The number of hydrogen-bond acceptors (Lipinski definition) is 5. The van der Waals surface area contributed by atoms with Gasteiger partial charge in [0.05, 0.1) is 0 Å². The Hall–Kier alpha value is -2.99. The summed E-state index contributed by atoms with van der Waals surface area (Å²) in [7, 11) is 0. The lowest BCUT2D eigenvalue weighted by Crippen LogP contribution is -2.13. The Kier molecular flexibility index (Phi) is 6.77. The summed E-state index contributed by atoms with van der Waals surface area (Å²) in [5, 5.41) is 19.1. The van der Waals surface area contributed by atoms with Crippen LogP contribution in [0.3, 0.4) is 0 Å². The number of Topliss-reactive ketones (excluding diaryl/α,β-unsaturated/α-hetero) is 1. The van der Waals surface area contributed by atoms with Crippen LogP contribution in [0.4, 0.5) is 0 Å². The molecule has 3 atom stereocenters. The molecule has 2 N–H and O–H groups in total. The molecular formula is C23H25NO5. The van der Waals surface area contributed by atoms with Crippen molar-refractivity contribution < 1.29 is 24.2 Å². The molecular weight excluding hydrogens is 370 g/mol. The SMILES string of the molecule is C=C1CC(=O)[C@H](CC=CCCCC(=O)O)[C@H]1C=CC(O)c1nc2ccccc2o1. The first-order valence-corrected chi connectivity index (χ1v) is 9.74. The lowest BCUT2D eigenvalue weighted by Gasteiger charge is -2.14. The van der Waals surface area contributed by atoms with E-state index in [-0.39, 0.29) is 29.9 Å². The first-order valence-electron chi connectivity index (χ1n) is 9.74. The van der Waals surface area contributed by atoms with E-state index in [9.17, 15) is 14.7 Å². The maximum Gasteiger partial charge on any atom is 0.303 e. The van der Waals surface area contributed by atoms with Crippen LogP contribution in [0.1, 0.15) is 44.1 Å². The van der Waals surface area contributed by atoms with Gasteiger partial charge in [0.15, 0.2) is 5.58 Å². The van der Waals surface area contributed by atoms with Crippen LogP contribution in [0.5, 0.6) is 0 Å². The minimum absolute atomic E-state index is 0.135. The zero-order valence-electron chi connectivity index (χ0n) is 16.2. The zero-order valence-corrected chi connectivity index (χ0v) is 16.2. The number of carboxylic acid groups (broad SMARTS) is 1. The third-order valence-electron chi connectivity index (χ3n) is 5.10. The summed E-state index contributed by atoms with van der Waals surface area (Å²) >= 11 is 0. The van der Waals surface area contributed by atoms with Crippen molar-refractivity contribution >= 4 is 22.9 Å². The number of carboxylic acids is 1. The van der Waals surface area contributed by atoms with Crippen LogP contribution >= 0.6 is 0 Å². The number of aliphatic carboxylic acids is 1. The molecule has 0 amide bonds. The highest BCUT2D eigenvalue weighted by atomic mass is 16.4. The number of aliphatic hydroxyl groups is 1. The van der Waals surface area contributed by atoms with Gasteiger partial charge in [0.1, 0.15) is 17.4 Å². The number of ketones is 1. The van der Waals surface area contributed by atoms with Crippen LogP contribution in [0.25, 0.3) is 11.1 Å². The molecule has 1 fully saturated rings. The van der Waals surface area contributed by atoms with Crippen LogP contribution in [0, 0.1) is 11.8 Å². The number of benzene rings is 1. The van der Waals surface area contributed by atoms with Gasteiger partial charge in [-0.2, -0.15) is 0 Å². The number of carbonyl (C=O) groups excluding carboxylic acids is 1. The number of rotatable bonds is 9. The van der Waals surface area contributed by atoms with E-state index in [1.165, 1.54) is 0 Å². The minimum atomic E-state index is -1.00. The number of fused-ring (bicyclic) bond motifs is 1. The van der Waals surface area contributed by atoms with E-state index in [4.69, 9.17) is 9.52 Å². The summed E-state index contributed by atoms with van der Waals surface area (Å²) in [4.78, 5) is 27.2. The second-order valence-corrected chi connectivity index (χ2v) is 7.28. The minimum Gasteiger partial charge on any atom is -0.481 e. The van der Waals surface area contributed by atoms with E-state index in [2.05, 4.69) is 11.6 Å². The van der Waals surface area contributed by atoms with Crippen molar-refractivity contribution in [2.24, 2.45) is 11.8 Å². The second-order valence-electron chi connectivity index (χ2n) is 7.28. The predicted octanol–water partition coefficient (Wildman–Crippen LogP) is 4.38. The third kappa shape index (κ3) is 5.29. The van der Waals surface area contributed by atoms with E-state index in [1.807, 2.05) is 36.4 Å². The highest BCUT2D eigenvalue weighted by molar-refractivity contribution is 5.87. The zero-order chi connectivity index (χ0) is 20.8. The van der Waals surface area contributed by atoms with Crippen molar-refractivity contribution in [2.75, 3.05) is 0 Å². The Balaban J connectivity index is 1.62. The standard InChI is InChI=1S/C23H25NO5/c1-15-14-20(26)17(8-4-2-3-5-11-22(27)28)16(15)12-13-19(25)23-24-18-9-6-7-10-21(18)29-23/h2,4,6-7,9-10,12-13,16-17,19,25H,1,3,5,8,11,14H2,(H,27,28)/t16-,17+,19?/m0/s1. The molecule has 152 valence electrons. The Bertz CT molecular complexity index is 922. The van der Waals surface area contributed by atoms with Gasteiger partial charge in [0, 0.05) is 24.7 Å². The third-order valence-corrected chi connectivity index (χ3v) is 5.10. The molecule has 1 aromatic heterocycles. The highest BCUT2D eigenvalue weighted by Gasteiger charge is 2.35. The van der Waals surface area contributed by atoms with Gasteiger partial charge in [-0.1, -0.05) is 48.6 Å². The highest BCUT2D eigenvalue weighted by Crippen LogP contribution is 2.37. The Morgan fingerprint density at radius 3 is 2.90 bits per heavy atom. The monoisotopic (exact) mass is 395 g/mol. The van der Waals surface area contributed by atoms with Gasteiger partial charge >= 0.3 is 5.97 Å². The molecule has 1 saturated carbocycles. The number of unbranched alkanes of at least 4 members (excludes halogenated alkanes) is 1. The first kappa shape index (κ1) is 20.7. The van der Waals surface area contributed by atoms with Gasteiger partial charge in [-0.25, -0.2) is 4.98 Å². The van der Waals surface area contributed by atoms with Gasteiger partial charge in [-0.3, -0.25) is 9.59 Å². The van der Waals surface area contributed by atoms with Crippen LogP contribution in [0.15, 0.2) is 65.1 Å². The van der Waals surface area contributed by atoms with E-state index in [1.54, 1.807) is 12.1 Å². The van der Waals surface area contributed by atoms with Crippen molar-refractivity contribution in [2.45, 2.75) is 38.2 Å². The molecule has 6 heteroatoms. The fourth-order valence-corrected chi connectivity index (χ4v) is 3.56. The topological polar surface area (TPSA) is 101 Å². The fraction of sp³-hybridized carbons (Fsp3) is 0.348. The molecule has 1 aromatic carbocycles. The summed E-state index contributed by atoms with van der Waals surface area (Å²) < 4.78 is 5.58. The molecule has 1 aliphatic carbocycles. The molecule has 0 bridgehead atoms. The number of aromatic nitrogens is 1. The summed E-state index contributed by atoms with van der Waals surface area (Å²) in [6.07, 6.45) is 8.57. The van der Waals surface area contributed by atoms with E-state index < -0.39 is 12.1 Å². The number of aliphatic hydroxyl groups excluding tert-OH is 1. The van der Waals surface area contributed by atoms with Crippen molar-refractivity contribution in [1.82, 2.24) is 4.98 Å². The second kappa shape index (κ2) is 9.47. The van der Waals surface area contributed by atoms with E-state index in [0.717, 1.165) is 5.57 Å². The molecule has 1 heterocycles. The number of carbonyl (C=O) groups is 2. The van der Waals surface area contributed by atoms with Crippen molar-refractivity contribution in [3.8, 4) is 0 Å². The normalized spacial score (nSPS) is 21.0. The number of oxazole rings is 1. The molecule has 29 heavy (non-hydrogen) atoms. The Morgan fingerprint density at radius 1 is 1.34 bits per heavy atom. The summed E-state index contributed by atoms with van der Waals surface area (Å²) in [6, 6.07) is 7.30. The van der Waals surface area contributed by atoms with Gasteiger partial charge in [0.2, 0.25) is 5.89 Å². The van der Waals surface area contributed by atoms with Gasteiger partial charge in [-0.05, 0) is 31.4 Å². The van der Waals surface area contributed by atoms with Crippen LogP contribution in [-0.2, 0) is 9.59 Å². The summed E-state index contributed by atoms with van der Waals surface area (Å²) in [5.74, 6) is -0.817. The number of allylic oxidation sites excluding steroid dienone is 4. The quantitative estimate of drug-likeness (QED) is 0.483. The predicted molar refractivity (Wildman–Crippen MR) is 109 cm³/mol. The average Bonchev–Trinajstić information content (AvgIpc) is 3.23. The van der Waals surface area contributed by atoms with Gasteiger partial charge in [0.25, 0.3) is 0 Å². The maximum absolute atomic E-state index is 12.3. The number of para-hydroxylation sites is 2. The van der Waals surface area contributed by atoms with Crippen LogP contribution in [0.2, 0.25) is 0 Å². The molecule has 0 radical (unpaired) electrons. The average molecular weight is 395 g/mol. The molecule has 3 rings (SSSR count). The summed E-state index contributed by atoms with van der Waals surface area (Å²) in [5.41, 5.74) is 2.13. The number of hydrogen-bond donors (Lipinski definition) is 2. The molecule has 6 nitrogen and oxygen atoms in total. The molecule has 1 unspecified atom stereocenters. The maximum atomic E-state index is 12.3. The van der Waals surface area contributed by atoms with E-state index in [0.29, 0.717) is 36.8 Å². The smallest absolute Gasteiger partial charge is 0.303 e. The lowest BCUT2D eigenvalue weighted by atomic mass is 9.89. The lowest BCUT2D eigenvalue weighted by molar-refractivity contribution is -0.137. The largest absolute Gasteiger partial charge is 0.481 e. The molecule has 1 aliphatic rings. The van der Waals surface area contributed by atoms with Crippen molar-refractivity contribution in [3.05, 3.63) is 66.6 Å². The van der Waals surface area contributed by atoms with Crippen molar-refractivity contribution in [3.63, 3.8) is 0 Å². The number of nitrogens with zero attached hydrogens (tertiary/aromatic N) is 1. The van der Waals surface area contributed by atoms with E-state index >= 15 is 0 Å². The van der Waals surface area contributed by atoms with Gasteiger partial charge < -0.3 is 14.6 Å². The van der Waals surface area contributed by atoms with Gasteiger partial charge in [-0.15, -0.1) is 0 Å². The Morgan fingerprint density at radius 2 is 2.14 bits per heavy atom. The molecule has 0 spiro atoms. The first-order chi connectivity index (χ1) is 14.0. The molecule has 0 saturated heterocycles. The summed E-state index contributed by atoms with van der Waals surface area (Å²) in [6.45, 7) is 4.02. The van der Waals surface area contributed by atoms with Crippen molar-refractivity contribution in [1.29, 1.82) is 0 Å². The van der Waals surface area contributed by atoms with Crippen LogP contribution < -0.4 is 0 Å². The fourth-order valence-electron chi connectivity index (χ4n) is 3.56. The molecule has 0 aliphatic heterocycles. The Labute approximate surface area is 169 Å².